The maximum atomic E-state index is 13.6. The van der Waals surface area contributed by atoms with Gasteiger partial charge in [0.25, 0.3) is 0 Å². The number of phenolic OH excluding ortho intramolecular Hbond substituents is 4. The van der Waals surface area contributed by atoms with Crippen LogP contribution in [0.25, 0.3) is 0 Å². The monoisotopic (exact) mass is 970 g/mol. The first-order valence-electron chi connectivity index (χ1n) is 23.6. The largest absolute Gasteiger partial charge is 0.508 e. The summed E-state index contributed by atoms with van der Waals surface area (Å²) in [5, 5.41) is 41.9. The van der Waals surface area contributed by atoms with Crippen molar-refractivity contribution in [2.45, 2.75) is 167 Å². The van der Waals surface area contributed by atoms with Crippen LogP contribution in [0.3, 0.4) is 0 Å². The van der Waals surface area contributed by atoms with Crippen LogP contribution in [-0.4, -0.2) is 68.4 Å². The van der Waals surface area contributed by atoms with Crippen LogP contribution < -0.4 is 0 Å². The molecule has 4 N–H and O–H groups in total. The number of rotatable bonds is 20. The normalized spacial score (nSPS) is 13.0. The van der Waals surface area contributed by atoms with Crippen LogP contribution in [0, 0.1) is 0 Å². The number of carbonyl (C=O) groups is 4. The lowest BCUT2D eigenvalue weighted by molar-refractivity contribution is -0.155. The van der Waals surface area contributed by atoms with Gasteiger partial charge in [-0.3, -0.25) is 19.2 Å². The predicted octanol–water partition coefficient (Wildman–Crippen LogP) is 11.1. The van der Waals surface area contributed by atoms with Gasteiger partial charge in [0.05, 0.1) is 0 Å². The molecule has 0 aliphatic heterocycles. The highest BCUT2D eigenvalue weighted by atomic mass is 32.2. The summed E-state index contributed by atoms with van der Waals surface area (Å²) >= 11 is 0.869. The third kappa shape index (κ3) is 18.0. The zero-order chi connectivity index (χ0) is 51.5. The molecule has 0 saturated heterocycles. The van der Waals surface area contributed by atoms with Gasteiger partial charge in [0.15, 0.2) is 10.9 Å². The van der Waals surface area contributed by atoms with E-state index in [9.17, 15) is 39.6 Å². The zero-order valence-electron chi connectivity index (χ0n) is 42.6. The second-order valence-corrected chi connectivity index (χ2v) is 23.1. The van der Waals surface area contributed by atoms with Gasteiger partial charge in [0.2, 0.25) is 0 Å². The minimum atomic E-state index is -1.19. The molecule has 0 heterocycles. The molecule has 2 atom stereocenters. The molecule has 0 amide bonds. The summed E-state index contributed by atoms with van der Waals surface area (Å²) in [6.45, 7) is 22.9. The van der Waals surface area contributed by atoms with E-state index >= 15 is 0 Å². The molecule has 0 spiro atoms. The number of aromatic hydroxyl groups is 4. The maximum absolute atomic E-state index is 13.6. The predicted molar refractivity (Wildman–Crippen MR) is 270 cm³/mol. The lowest BCUT2D eigenvalue weighted by atomic mass is 9.85. The second-order valence-electron chi connectivity index (χ2n) is 21.7. The third-order valence-corrected chi connectivity index (χ3v) is 12.6. The van der Waals surface area contributed by atoms with Crippen LogP contribution in [0.5, 0.6) is 23.0 Å². The molecular weight excluding hydrogens is 897 g/mol. The minimum absolute atomic E-state index is 0.0147. The van der Waals surface area contributed by atoms with Crippen molar-refractivity contribution in [3.63, 3.8) is 0 Å². The van der Waals surface area contributed by atoms with Crippen LogP contribution in [0.1, 0.15) is 153 Å². The molecule has 0 fully saturated rings. The van der Waals surface area contributed by atoms with Crippen molar-refractivity contribution in [3.8, 4) is 23.0 Å². The van der Waals surface area contributed by atoms with Crippen LogP contribution in [0.15, 0.2) is 72.8 Å². The minimum Gasteiger partial charge on any atom is -0.508 e. The molecular formula is C56H74O12S. The van der Waals surface area contributed by atoms with Gasteiger partial charge in [-0.05, 0) is 116 Å². The summed E-state index contributed by atoms with van der Waals surface area (Å²) in [6.07, 6.45) is 1.05. The van der Waals surface area contributed by atoms with E-state index in [-0.39, 0.29) is 83.2 Å². The Bertz CT molecular complexity index is 2240. The van der Waals surface area contributed by atoms with E-state index < -0.39 is 48.0 Å². The van der Waals surface area contributed by atoms with Crippen molar-refractivity contribution in [1.29, 1.82) is 0 Å². The number of hydrogen-bond acceptors (Lipinski definition) is 13. The summed E-state index contributed by atoms with van der Waals surface area (Å²) in [5.41, 5.74) is 2.47. The Kier molecular flexibility index (Phi) is 19.2. The fourth-order valence-corrected chi connectivity index (χ4v) is 8.55. The highest BCUT2D eigenvalue weighted by molar-refractivity contribution is 8.00. The Morgan fingerprint density at radius 2 is 0.638 bits per heavy atom. The summed E-state index contributed by atoms with van der Waals surface area (Å²) in [4.78, 5) is 53.7. The standard InChI is InChI=1S/C56H74O12S/c1-53(2,3)39-29-35(13-21-43(39)57)17-25-47(61)65-33-51(67-49(63)27-19-37-15-23-45(59)41(31-37)55(7,8)9)69-52(68-50(64)28-20-38-16-24-46(60)42(32-38)56(10,11)12)34-66-48(62)26-18-36-14-22-44(58)40(30-36)54(4,5)6/h13-16,21-24,29-32,51-52,57-60H,17-20,25-28,33-34H2,1-12H3. The molecule has 0 saturated carbocycles. The lowest BCUT2D eigenvalue weighted by Gasteiger charge is -2.24. The summed E-state index contributed by atoms with van der Waals surface area (Å²) in [7, 11) is 0. The smallest absolute Gasteiger partial charge is 0.307 e. The van der Waals surface area contributed by atoms with Crippen LogP contribution in [-0.2, 0) is 85.5 Å². The number of carbonyl (C=O) groups excluding carboxylic acids is 4. The average molecular weight is 971 g/mol. The Balaban J connectivity index is 1.54. The van der Waals surface area contributed by atoms with E-state index in [0.717, 1.165) is 56.3 Å². The Labute approximate surface area is 413 Å². The van der Waals surface area contributed by atoms with Crippen LogP contribution in [0.4, 0.5) is 0 Å². The van der Waals surface area contributed by atoms with Crippen molar-refractivity contribution in [2.75, 3.05) is 13.2 Å². The van der Waals surface area contributed by atoms with Crippen molar-refractivity contribution in [2.24, 2.45) is 0 Å². The van der Waals surface area contributed by atoms with E-state index in [1.54, 1.807) is 48.5 Å². The van der Waals surface area contributed by atoms with Gasteiger partial charge < -0.3 is 39.4 Å². The van der Waals surface area contributed by atoms with E-state index in [2.05, 4.69) is 0 Å². The number of phenols is 4. The van der Waals surface area contributed by atoms with E-state index in [1.165, 1.54) is 0 Å². The van der Waals surface area contributed by atoms with Gasteiger partial charge in [-0.2, -0.15) is 0 Å². The van der Waals surface area contributed by atoms with Gasteiger partial charge in [-0.25, -0.2) is 0 Å². The van der Waals surface area contributed by atoms with Crippen molar-refractivity contribution in [3.05, 3.63) is 117 Å². The zero-order valence-corrected chi connectivity index (χ0v) is 43.4. The number of aryl methyl sites for hydroxylation is 4. The second kappa shape index (κ2) is 23.7. The molecule has 69 heavy (non-hydrogen) atoms. The molecule has 0 aliphatic rings. The molecule has 0 aliphatic carbocycles. The van der Waals surface area contributed by atoms with E-state index in [1.807, 2.05) is 107 Å². The van der Waals surface area contributed by atoms with Gasteiger partial charge in [0.1, 0.15) is 36.2 Å². The Morgan fingerprint density at radius 1 is 0.406 bits per heavy atom. The fourth-order valence-electron chi connectivity index (χ4n) is 7.59. The van der Waals surface area contributed by atoms with Gasteiger partial charge in [0, 0.05) is 25.7 Å². The average Bonchev–Trinajstić information content (AvgIpc) is 3.24. The number of hydrogen-bond donors (Lipinski definition) is 4. The Hall–Kier alpha value is -5.69. The lowest BCUT2D eigenvalue weighted by Crippen LogP contribution is -2.30. The molecule has 376 valence electrons. The van der Waals surface area contributed by atoms with Crippen molar-refractivity contribution in [1.82, 2.24) is 0 Å². The first-order valence-corrected chi connectivity index (χ1v) is 24.6. The highest BCUT2D eigenvalue weighted by Gasteiger charge is 2.28. The quantitative estimate of drug-likeness (QED) is 0.0373. The third-order valence-electron chi connectivity index (χ3n) is 11.5. The molecule has 4 rings (SSSR count). The highest BCUT2D eigenvalue weighted by Crippen LogP contribution is 2.35. The first kappa shape index (κ1) is 55.9. The van der Waals surface area contributed by atoms with Crippen molar-refractivity contribution >= 4 is 35.6 Å². The molecule has 0 aromatic heterocycles. The number of esters is 4. The van der Waals surface area contributed by atoms with E-state index in [0.29, 0.717) is 12.8 Å². The summed E-state index contributed by atoms with van der Waals surface area (Å²) in [6, 6.07) is 20.8. The number of benzene rings is 4. The molecule has 13 heteroatoms. The maximum Gasteiger partial charge on any atom is 0.307 e. The SMILES string of the molecule is CC(C)(C)c1cc(CCC(=O)OCC(OC(=O)CCc2ccc(O)c(C(C)(C)C)c2)SC(COC(=O)CCc2ccc(O)c(C(C)(C)C)c2)OC(=O)CCc2ccc(O)c(C(C)(C)C)c2)ccc1O. The molecule has 0 radical (unpaired) electrons. The van der Waals surface area contributed by atoms with E-state index in [4.69, 9.17) is 18.9 Å². The molecule has 4 aromatic rings. The fraction of sp³-hybridized carbons (Fsp3) is 0.500. The molecule has 2 unspecified atom stereocenters. The van der Waals surface area contributed by atoms with Gasteiger partial charge >= 0.3 is 23.9 Å². The van der Waals surface area contributed by atoms with Crippen molar-refractivity contribution < 1.29 is 58.6 Å². The summed E-state index contributed by atoms with van der Waals surface area (Å²) < 4.78 is 23.2. The topological polar surface area (TPSA) is 186 Å². The molecule has 12 nitrogen and oxygen atoms in total. The van der Waals surface area contributed by atoms with Gasteiger partial charge in [-0.1, -0.05) is 143 Å². The number of ether oxygens (including phenoxy) is 4. The van der Waals surface area contributed by atoms with Crippen LogP contribution >= 0.6 is 11.8 Å². The molecule has 4 aromatic carbocycles. The first-order chi connectivity index (χ1) is 32.0. The van der Waals surface area contributed by atoms with Crippen LogP contribution in [0.2, 0.25) is 0 Å². The van der Waals surface area contributed by atoms with Gasteiger partial charge in [-0.15, -0.1) is 0 Å². The summed E-state index contributed by atoms with van der Waals surface area (Å²) in [5.74, 6) is -1.76. The Morgan fingerprint density at radius 3 is 0.870 bits per heavy atom. The molecule has 0 bridgehead atoms. The number of thioether (sulfide) groups is 1.